The van der Waals surface area contributed by atoms with Gasteiger partial charge in [0.25, 0.3) is 0 Å². The van der Waals surface area contributed by atoms with E-state index in [4.69, 9.17) is 0 Å². The second kappa shape index (κ2) is 14.6. The van der Waals surface area contributed by atoms with Crippen LogP contribution in [-0.4, -0.2) is 8.80 Å². The maximum absolute atomic E-state index is 2.56. The summed E-state index contributed by atoms with van der Waals surface area (Å²) >= 11 is 0. The molecular weight excluding hydrogens is 837 g/mol. The van der Waals surface area contributed by atoms with Crippen molar-refractivity contribution in [2.75, 3.05) is 9.80 Å². The monoisotopic (exact) mass is 892 g/mol. The van der Waals surface area contributed by atoms with E-state index in [1.54, 1.807) is 0 Å². The Morgan fingerprint density at radius 1 is 0.275 bits per heavy atom. The van der Waals surface area contributed by atoms with Gasteiger partial charge < -0.3 is 18.6 Å². The lowest BCUT2D eigenvalue weighted by atomic mass is 9.99. The van der Waals surface area contributed by atoms with Crippen LogP contribution in [0.1, 0.15) is 61.2 Å². The molecule has 0 bridgehead atoms. The summed E-state index contributed by atoms with van der Waals surface area (Å²) in [4.78, 5) is 5.01. The van der Waals surface area contributed by atoms with Crippen molar-refractivity contribution >= 4 is 110 Å². The fraction of sp³-hybridized carbons (Fsp3) is 0.169. The van der Waals surface area contributed by atoms with Crippen molar-refractivity contribution in [2.24, 2.45) is 0 Å². The minimum Gasteiger partial charge on any atom is -0.310 e. The van der Waals surface area contributed by atoms with E-state index in [0.717, 1.165) is 0 Å². The molecule has 13 aromatic rings. The van der Waals surface area contributed by atoms with Crippen LogP contribution in [0.4, 0.5) is 34.1 Å². The van der Waals surface area contributed by atoms with Crippen molar-refractivity contribution in [3.63, 3.8) is 0 Å². The molecule has 0 aliphatic rings. The first kappa shape index (κ1) is 41.4. The summed E-state index contributed by atoms with van der Waals surface area (Å²) in [7, 11) is 0. The first-order valence-electron chi connectivity index (χ1n) is 24.5. The molecule has 0 N–H and O–H groups in total. The molecule has 13 rings (SSSR count). The molecule has 0 radical (unpaired) electrons. The number of anilines is 6. The van der Waals surface area contributed by atoms with E-state index in [1.165, 1.54) is 172 Å². The van der Waals surface area contributed by atoms with Gasteiger partial charge in [-0.1, -0.05) is 54.6 Å². The normalized spacial score (nSPS) is 12.3. The van der Waals surface area contributed by atoms with Crippen LogP contribution in [0.2, 0.25) is 0 Å². The van der Waals surface area contributed by atoms with Crippen molar-refractivity contribution in [1.29, 1.82) is 0 Å². The number of fused-ring (bicyclic) bond motifs is 12. The lowest BCUT2D eigenvalue weighted by molar-refractivity contribution is 1.20. The molecule has 0 aliphatic carbocycles. The van der Waals surface area contributed by atoms with Gasteiger partial charge in [-0.3, -0.25) is 0 Å². The zero-order valence-corrected chi connectivity index (χ0v) is 41.6. The Morgan fingerprint density at radius 3 is 1.01 bits per heavy atom. The van der Waals surface area contributed by atoms with E-state index in [1.807, 2.05) is 0 Å². The van der Waals surface area contributed by atoms with E-state index >= 15 is 0 Å². The SMILES string of the molecule is Cc1ccc(N(c2cc(C)c(C)c(C)c2)c2cccc3c2c2cccc4c5cc6c(cc5n3c42)c2cccc3c4c(N(c5cc(C)c(C)c(C)c5)c5cc(C)c(C)c(C)c5)cccc4n6c23)cc1C. The lowest BCUT2D eigenvalue weighted by Crippen LogP contribution is -2.12. The third kappa shape index (κ3) is 5.69. The second-order valence-corrected chi connectivity index (χ2v) is 20.4. The number of benzene rings is 9. The van der Waals surface area contributed by atoms with Crippen molar-refractivity contribution < 1.29 is 0 Å². The summed E-state index contributed by atoms with van der Waals surface area (Å²) in [5.74, 6) is 0. The molecule has 0 spiro atoms. The van der Waals surface area contributed by atoms with Crippen LogP contribution in [0.5, 0.6) is 0 Å². The van der Waals surface area contributed by atoms with Crippen LogP contribution >= 0.6 is 0 Å². The van der Waals surface area contributed by atoms with Crippen molar-refractivity contribution in [3.05, 3.63) is 201 Å². The van der Waals surface area contributed by atoms with E-state index in [2.05, 4.69) is 234 Å². The van der Waals surface area contributed by atoms with Crippen molar-refractivity contribution in [1.82, 2.24) is 8.80 Å². The average Bonchev–Trinajstić information content (AvgIpc) is 4.06. The first-order chi connectivity index (χ1) is 33.3. The number of hydrogen-bond acceptors (Lipinski definition) is 2. The third-order valence-electron chi connectivity index (χ3n) is 16.5. The Morgan fingerprint density at radius 2 is 0.623 bits per heavy atom. The first-order valence-corrected chi connectivity index (χ1v) is 24.5. The molecule has 0 atom stereocenters. The van der Waals surface area contributed by atoms with Crippen LogP contribution in [0, 0.1) is 76.2 Å². The third-order valence-corrected chi connectivity index (χ3v) is 16.5. The predicted octanol–water partition coefficient (Wildman–Crippen LogP) is 18.3. The van der Waals surface area contributed by atoms with Crippen LogP contribution < -0.4 is 9.80 Å². The topological polar surface area (TPSA) is 15.3 Å². The molecule has 336 valence electrons. The Kier molecular flexibility index (Phi) is 8.75. The van der Waals surface area contributed by atoms with E-state index in [9.17, 15) is 0 Å². The molecule has 4 heterocycles. The summed E-state index contributed by atoms with van der Waals surface area (Å²) < 4.78 is 5.12. The molecule has 0 fully saturated rings. The van der Waals surface area contributed by atoms with Gasteiger partial charge in [-0.15, -0.1) is 0 Å². The highest BCUT2D eigenvalue weighted by molar-refractivity contribution is 6.31. The van der Waals surface area contributed by atoms with Crippen molar-refractivity contribution in [2.45, 2.75) is 76.2 Å². The van der Waals surface area contributed by atoms with Gasteiger partial charge in [0.1, 0.15) is 0 Å². The largest absolute Gasteiger partial charge is 0.310 e. The molecular formula is C65H56N4. The molecule has 0 unspecified atom stereocenters. The minimum atomic E-state index is 1.17. The van der Waals surface area contributed by atoms with Crippen LogP contribution in [-0.2, 0) is 0 Å². The minimum absolute atomic E-state index is 1.17. The van der Waals surface area contributed by atoms with Crippen LogP contribution in [0.3, 0.4) is 0 Å². The Balaban J connectivity index is 1.08. The van der Waals surface area contributed by atoms with Gasteiger partial charge in [0.2, 0.25) is 0 Å². The molecule has 4 heteroatoms. The highest BCUT2D eigenvalue weighted by atomic mass is 15.2. The number of hydrogen-bond donors (Lipinski definition) is 0. The highest BCUT2D eigenvalue weighted by Gasteiger charge is 2.28. The molecule has 0 aliphatic heterocycles. The number of aryl methyl sites for hydroxylation is 8. The van der Waals surface area contributed by atoms with Gasteiger partial charge in [-0.05, 0) is 222 Å². The molecule has 69 heavy (non-hydrogen) atoms. The quantitative estimate of drug-likeness (QED) is 0.165. The van der Waals surface area contributed by atoms with Gasteiger partial charge >= 0.3 is 0 Å². The number of nitrogens with zero attached hydrogens (tertiary/aromatic N) is 4. The lowest BCUT2D eigenvalue weighted by Gasteiger charge is -2.29. The molecule has 0 saturated carbocycles. The standard InChI is InChI=1S/C65H56N4/c1-35-24-25-46(26-36(35)2)66(47-27-37(3)43(9)38(4)28-47)56-20-14-22-58-62(56)52-18-12-16-50-54-34-61-55(33-60(54)68(58)64(50)52)51-17-13-19-53-63-57(21-15-23-59(63)69(61)65(51)53)67(48-29-39(5)44(10)40(6)30-48)49-31-41(7)45(11)42(8)32-49/h12-34H,1-11H3. The van der Waals surface area contributed by atoms with Crippen LogP contribution in [0.25, 0.3) is 76.2 Å². The summed E-state index contributed by atoms with van der Waals surface area (Å²) in [6.07, 6.45) is 0. The van der Waals surface area contributed by atoms with E-state index < -0.39 is 0 Å². The predicted molar refractivity (Wildman–Crippen MR) is 297 cm³/mol. The van der Waals surface area contributed by atoms with E-state index in [-0.39, 0.29) is 0 Å². The highest BCUT2D eigenvalue weighted by Crippen LogP contribution is 2.50. The number of aromatic nitrogens is 2. The summed E-state index contributed by atoms with van der Waals surface area (Å²) in [6, 6.07) is 53.8. The van der Waals surface area contributed by atoms with Gasteiger partial charge in [-0.25, -0.2) is 0 Å². The zero-order valence-electron chi connectivity index (χ0n) is 41.6. The smallest absolute Gasteiger partial charge is 0.0621 e. The Hall–Kier alpha value is -7.82. The summed E-state index contributed by atoms with van der Waals surface area (Å²) in [5, 5.41) is 10.2. The summed E-state index contributed by atoms with van der Waals surface area (Å²) in [6.45, 7) is 24.6. The molecule has 0 amide bonds. The molecule has 0 saturated heterocycles. The van der Waals surface area contributed by atoms with E-state index in [0.29, 0.717) is 0 Å². The Bertz CT molecular complexity index is 4200. The molecule has 4 aromatic heterocycles. The Labute approximate surface area is 403 Å². The average molecular weight is 893 g/mol. The van der Waals surface area contributed by atoms with Gasteiger partial charge in [0.05, 0.1) is 44.5 Å². The summed E-state index contributed by atoms with van der Waals surface area (Å²) in [5.41, 5.74) is 29.0. The zero-order chi connectivity index (χ0) is 47.5. The number of para-hydroxylation sites is 2. The van der Waals surface area contributed by atoms with Crippen LogP contribution in [0.15, 0.2) is 140 Å². The van der Waals surface area contributed by atoms with Gasteiger partial charge in [0, 0.05) is 65.8 Å². The molecule has 4 nitrogen and oxygen atoms in total. The van der Waals surface area contributed by atoms with Gasteiger partial charge in [-0.2, -0.15) is 0 Å². The van der Waals surface area contributed by atoms with Gasteiger partial charge in [0.15, 0.2) is 0 Å². The fourth-order valence-electron chi connectivity index (χ4n) is 12.0. The maximum atomic E-state index is 2.56. The fourth-order valence-corrected chi connectivity index (χ4v) is 12.0. The maximum Gasteiger partial charge on any atom is 0.0621 e. The second-order valence-electron chi connectivity index (χ2n) is 20.4. The molecule has 9 aromatic carbocycles. The number of rotatable bonds is 6. The van der Waals surface area contributed by atoms with Crippen molar-refractivity contribution in [3.8, 4) is 0 Å².